The minimum absolute atomic E-state index is 0.355. The van der Waals surface area contributed by atoms with Gasteiger partial charge in [-0.05, 0) is 23.3 Å². The van der Waals surface area contributed by atoms with Gasteiger partial charge in [0, 0.05) is 0 Å². The summed E-state index contributed by atoms with van der Waals surface area (Å²) in [5, 5.41) is 0. The summed E-state index contributed by atoms with van der Waals surface area (Å²) in [4.78, 5) is 11.6. The van der Waals surface area contributed by atoms with Crippen LogP contribution in [0.1, 0.15) is 17.0 Å². The fourth-order valence-electron chi connectivity index (χ4n) is 1.96. The largest absolute Gasteiger partial charge is 0.497 e. The second-order valence-electron chi connectivity index (χ2n) is 4.02. The number of rotatable bonds is 4. The summed E-state index contributed by atoms with van der Waals surface area (Å²) in [6, 6.07) is 16.9. The first-order valence-electron chi connectivity index (χ1n) is 5.70. The van der Waals surface area contributed by atoms with Crippen LogP contribution in [-0.2, 0) is 4.79 Å². The van der Waals surface area contributed by atoms with Gasteiger partial charge in [-0.25, -0.2) is 0 Å². The van der Waals surface area contributed by atoms with E-state index in [9.17, 15) is 4.79 Å². The van der Waals surface area contributed by atoms with E-state index in [4.69, 9.17) is 10.5 Å². The minimum Gasteiger partial charge on any atom is -0.497 e. The molecule has 18 heavy (non-hydrogen) atoms. The summed E-state index contributed by atoms with van der Waals surface area (Å²) in [7, 11) is 1.61. The predicted octanol–water partition coefficient (Wildman–Crippen LogP) is 2.31. The molecule has 0 aliphatic heterocycles. The van der Waals surface area contributed by atoms with Crippen LogP contribution in [0.25, 0.3) is 0 Å². The molecule has 0 heterocycles. The Labute approximate surface area is 106 Å². The van der Waals surface area contributed by atoms with Crippen LogP contribution >= 0.6 is 0 Å². The third-order valence-corrected chi connectivity index (χ3v) is 2.87. The van der Waals surface area contributed by atoms with Crippen molar-refractivity contribution in [2.45, 2.75) is 5.92 Å². The van der Waals surface area contributed by atoms with Gasteiger partial charge in [0.25, 0.3) is 0 Å². The molecule has 3 nitrogen and oxygen atoms in total. The van der Waals surface area contributed by atoms with Gasteiger partial charge >= 0.3 is 0 Å². The maximum absolute atomic E-state index is 11.6. The quantitative estimate of drug-likeness (QED) is 0.893. The lowest BCUT2D eigenvalue weighted by Gasteiger charge is -2.14. The Morgan fingerprint density at radius 2 is 1.56 bits per heavy atom. The average molecular weight is 241 g/mol. The Kier molecular flexibility index (Phi) is 3.63. The highest BCUT2D eigenvalue weighted by molar-refractivity contribution is 5.85. The Morgan fingerprint density at radius 3 is 2.06 bits per heavy atom. The van der Waals surface area contributed by atoms with Gasteiger partial charge in [0.1, 0.15) is 5.75 Å². The third-order valence-electron chi connectivity index (χ3n) is 2.87. The van der Waals surface area contributed by atoms with Crippen LogP contribution in [0.5, 0.6) is 5.75 Å². The Morgan fingerprint density at radius 1 is 1.00 bits per heavy atom. The number of benzene rings is 2. The zero-order valence-electron chi connectivity index (χ0n) is 10.2. The van der Waals surface area contributed by atoms with E-state index < -0.39 is 5.92 Å². The number of carbonyl (C=O) groups excluding carboxylic acids is 1. The lowest BCUT2D eigenvalue weighted by Crippen LogP contribution is -2.22. The molecule has 2 rings (SSSR count). The molecule has 0 saturated carbocycles. The van der Waals surface area contributed by atoms with E-state index in [2.05, 4.69) is 0 Å². The van der Waals surface area contributed by atoms with Gasteiger partial charge in [0.05, 0.1) is 13.0 Å². The van der Waals surface area contributed by atoms with Crippen LogP contribution in [0.3, 0.4) is 0 Å². The van der Waals surface area contributed by atoms with Gasteiger partial charge in [-0.1, -0.05) is 42.5 Å². The number of amides is 1. The zero-order valence-corrected chi connectivity index (χ0v) is 10.2. The van der Waals surface area contributed by atoms with Crippen molar-refractivity contribution in [3.8, 4) is 5.75 Å². The number of primary amides is 1. The van der Waals surface area contributed by atoms with Crippen molar-refractivity contribution in [3.63, 3.8) is 0 Å². The molecule has 0 aliphatic rings. The average Bonchev–Trinajstić information content (AvgIpc) is 2.40. The Hall–Kier alpha value is -2.29. The van der Waals surface area contributed by atoms with Crippen LogP contribution in [-0.4, -0.2) is 13.0 Å². The van der Waals surface area contributed by atoms with Crippen LogP contribution in [0.4, 0.5) is 0 Å². The first kappa shape index (κ1) is 12.2. The molecule has 92 valence electrons. The van der Waals surface area contributed by atoms with Gasteiger partial charge in [0.15, 0.2) is 0 Å². The van der Waals surface area contributed by atoms with Crippen LogP contribution in [0.15, 0.2) is 54.6 Å². The standard InChI is InChI=1S/C15H15NO2/c1-18-13-9-7-12(8-10-13)14(15(16)17)11-5-3-2-4-6-11/h2-10,14H,1H3,(H2,16,17). The fourth-order valence-corrected chi connectivity index (χ4v) is 1.96. The van der Waals surface area contributed by atoms with Crippen molar-refractivity contribution < 1.29 is 9.53 Å². The summed E-state index contributed by atoms with van der Waals surface area (Å²) in [6.07, 6.45) is 0. The van der Waals surface area contributed by atoms with E-state index in [0.717, 1.165) is 16.9 Å². The van der Waals surface area contributed by atoms with E-state index in [0.29, 0.717) is 0 Å². The number of hydrogen-bond donors (Lipinski definition) is 1. The van der Waals surface area contributed by atoms with Crippen molar-refractivity contribution in [2.24, 2.45) is 5.73 Å². The SMILES string of the molecule is COc1ccc(C(C(N)=O)c2ccccc2)cc1. The van der Waals surface area contributed by atoms with Gasteiger partial charge in [0.2, 0.25) is 5.91 Å². The molecule has 1 amide bonds. The first-order chi connectivity index (χ1) is 8.72. The van der Waals surface area contributed by atoms with Gasteiger partial charge in [-0.15, -0.1) is 0 Å². The van der Waals surface area contributed by atoms with Gasteiger partial charge < -0.3 is 10.5 Å². The molecule has 0 aromatic heterocycles. The molecular weight excluding hydrogens is 226 g/mol. The Balaban J connectivity index is 2.39. The van der Waals surface area contributed by atoms with Crippen LogP contribution in [0.2, 0.25) is 0 Å². The molecule has 0 bridgehead atoms. The summed E-state index contributed by atoms with van der Waals surface area (Å²) < 4.78 is 5.10. The van der Waals surface area contributed by atoms with Crippen molar-refractivity contribution >= 4 is 5.91 Å². The number of ether oxygens (including phenoxy) is 1. The maximum atomic E-state index is 11.6. The van der Waals surface area contributed by atoms with E-state index >= 15 is 0 Å². The maximum Gasteiger partial charge on any atom is 0.229 e. The highest BCUT2D eigenvalue weighted by Crippen LogP contribution is 2.25. The number of hydrogen-bond acceptors (Lipinski definition) is 2. The second-order valence-corrected chi connectivity index (χ2v) is 4.02. The van der Waals surface area contributed by atoms with E-state index in [1.54, 1.807) is 7.11 Å². The molecule has 0 aliphatic carbocycles. The highest BCUT2D eigenvalue weighted by atomic mass is 16.5. The molecule has 2 N–H and O–H groups in total. The van der Waals surface area contributed by atoms with Crippen molar-refractivity contribution in [2.75, 3.05) is 7.11 Å². The highest BCUT2D eigenvalue weighted by Gasteiger charge is 2.19. The molecule has 3 heteroatoms. The van der Waals surface area contributed by atoms with Gasteiger partial charge in [-0.2, -0.15) is 0 Å². The van der Waals surface area contributed by atoms with E-state index in [1.807, 2.05) is 54.6 Å². The topological polar surface area (TPSA) is 52.3 Å². The van der Waals surface area contributed by atoms with Crippen molar-refractivity contribution in [3.05, 3.63) is 65.7 Å². The monoisotopic (exact) mass is 241 g/mol. The molecule has 1 unspecified atom stereocenters. The number of methoxy groups -OCH3 is 1. The fraction of sp³-hybridized carbons (Fsp3) is 0.133. The second kappa shape index (κ2) is 5.36. The first-order valence-corrected chi connectivity index (χ1v) is 5.70. The summed E-state index contributed by atoms with van der Waals surface area (Å²) in [5.41, 5.74) is 7.27. The molecule has 0 spiro atoms. The summed E-state index contributed by atoms with van der Waals surface area (Å²) in [6.45, 7) is 0. The lowest BCUT2D eigenvalue weighted by molar-refractivity contribution is -0.118. The smallest absolute Gasteiger partial charge is 0.229 e. The lowest BCUT2D eigenvalue weighted by atomic mass is 9.91. The van der Waals surface area contributed by atoms with Crippen LogP contribution < -0.4 is 10.5 Å². The van der Waals surface area contributed by atoms with Crippen LogP contribution in [0, 0.1) is 0 Å². The zero-order chi connectivity index (χ0) is 13.0. The minimum atomic E-state index is -0.419. The molecule has 1 atom stereocenters. The molecular formula is C15H15NO2. The third kappa shape index (κ3) is 2.51. The molecule has 0 saturated heterocycles. The molecule has 0 radical (unpaired) electrons. The van der Waals surface area contributed by atoms with Crippen molar-refractivity contribution in [1.29, 1.82) is 0 Å². The van der Waals surface area contributed by atoms with E-state index in [-0.39, 0.29) is 5.91 Å². The van der Waals surface area contributed by atoms with Gasteiger partial charge in [-0.3, -0.25) is 4.79 Å². The van der Waals surface area contributed by atoms with Crippen molar-refractivity contribution in [1.82, 2.24) is 0 Å². The molecule has 2 aromatic rings. The van der Waals surface area contributed by atoms with E-state index in [1.165, 1.54) is 0 Å². The molecule has 2 aromatic carbocycles. The predicted molar refractivity (Wildman–Crippen MR) is 70.5 cm³/mol. The normalized spacial score (nSPS) is 11.8. The molecule has 0 fully saturated rings. The number of carbonyl (C=O) groups is 1. The summed E-state index contributed by atoms with van der Waals surface area (Å²) in [5.74, 6) is -0.0153. The Bertz CT molecular complexity index is 520. The number of nitrogens with two attached hydrogens (primary N) is 1. The summed E-state index contributed by atoms with van der Waals surface area (Å²) >= 11 is 0.